The zero-order valence-corrected chi connectivity index (χ0v) is 32.9. The minimum atomic E-state index is 0.421. The van der Waals surface area contributed by atoms with Crippen molar-refractivity contribution in [3.63, 3.8) is 0 Å². The van der Waals surface area contributed by atoms with E-state index in [1.165, 1.54) is 77.6 Å². The molecule has 3 heteroatoms. The molecular formula is C43H61N2Si. The van der Waals surface area contributed by atoms with Crippen LogP contribution in [0.15, 0.2) is 53.9 Å². The fraction of sp³-hybridized carbons (Fsp3) is 0.512. The largest absolute Gasteiger partial charge is 0.338 e. The second-order valence-electron chi connectivity index (χ2n) is 15.5. The van der Waals surface area contributed by atoms with E-state index in [1.54, 1.807) is 0 Å². The molecule has 1 heterocycles. The van der Waals surface area contributed by atoms with Crippen LogP contribution in [-0.2, 0) is 0 Å². The number of benzene rings is 3. The van der Waals surface area contributed by atoms with Crippen LogP contribution in [0.5, 0.6) is 0 Å². The molecule has 0 spiro atoms. The molecule has 0 unspecified atom stereocenters. The van der Waals surface area contributed by atoms with Gasteiger partial charge >= 0.3 is 0 Å². The Labute approximate surface area is 284 Å². The molecule has 0 bridgehead atoms. The van der Waals surface area contributed by atoms with Gasteiger partial charge in [0.1, 0.15) is 9.13 Å². The van der Waals surface area contributed by atoms with Crippen molar-refractivity contribution >= 4 is 19.7 Å². The van der Waals surface area contributed by atoms with E-state index in [0.29, 0.717) is 44.6 Å². The van der Waals surface area contributed by atoms with E-state index in [1.807, 2.05) is 0 Å². The minimum Gasteiger partial charge on any atom is -0.338 e. The highest BCUT2D eigenvalue weighted by Crippen LogP contribution is 2.42. The Morgan fingerprint density at radius 2 is 0.783 bits per heavy atom. The highest BCUT2D eigenvalue weighted by Gasteiger charge is 2.28. The van der Waals surface area contributed by atoms with Crippen LogP contribution in [-0.4, -0.2) is 38.4 Å². The molecule has 0 aromatic heterocycles. The van der Waals surface area contributed by atoms with Gasteiger partial charge in [0.15, 0.2) is 0 Å². The van der Waals surface area contributed by atoms with Crippen molar-refractivity contribution in [3.05, 3.63) is 87.2 Å². The third-order valence-electron chi connectivity index (χ3n) is 10.3. The lowest BCUT2D eigenvalue weighted by Crippen LogP contribution is -2.37. The van der Waals surface area contributed by atoms with E-state index in [9.17, 15) is 0 Å². The summed E-state index contributed by atoms with van der Waals surface area (Å²) in [7, 11) is 5.01. The maximum Gasteiger partial charge on any atom is 0.117 e. The molecule has 0 N–H and O–H groups in total. The smallest absolute Gasteiger partial charge is 0.117 e. The van der Waals surface area contributed by atoms with Gasteiger partial charge < -0.3 is 9.80 Å². The van der Waals surface area contributed by atoms with Gasteiger partial charge in [0.25, 0.3) is 0 Å². The van der Waals surface area contributed by atoms with Crippen LogP contribution >= 0.6 is 0 Å². The summed E-state index contributed by atoms with van der Waals surface area (Å²) in [4.78, 5) is 4.86. The van der Waals surface area contributed by atoms with Crippen molar-refractivity contribution in [2.75, 3.05) is 14.1 Å². The predicted molar refractivity (Wildman–Crippen MR) is 206 cm³/mol. The fourth-order valence-electron chi connectivity index (χ4n) is 6.94. The monoisotopic (exact) mass is 633 g/mol. The molecule has 0 saturated carbocycles. The van der Waals surface area contributed by atoms with Crippen LogP contribution in [0.1, 0.15) is 166 Å². The van der Waals surface area contributed by atoms with Crippen LogP contribution in [0.4, 0.5) is 0 Å². The highest BCUT2D eigenvalue weighted by molar-refractivity contribution is 6.68. The Hall–Kier alpha value is -2.91. The van der Waals surface area contributed by atoms with E-state index in [0.717, 1.165) is 0 Å². The zero-order chi connectivity index (χ0) is 34.4. The Morgan fingerprint density at radius 3 is 1.04 bits per heavy atom. The SMILES string of the molecule is CC1=C(C)N(C)C(=[Si]c2c(-c3c(C(C)C)cc(C(C)C)cc3C(C)C)cccc2-c2c(C(C)C)cc(C(C)C)cc2C(C)C)N1C. The van der Waals surface area contributed by atoms with E-state index in [4.69, 9.17) is 0 Å². The number of hydrogen-bond donors (Lipinski definition) is 0. The van der Waals surface area contributed by atoms with Gasteiger partial charge in [0.05, 0.1) is 5.42 Å². The number of allylic oxidation sites excluding steroid dienone is 2. The maximum atomic E-state index is 2.52. The molecule has 0 aliphatic carbocycles. The number of nitrogens with zero attached hydrogens (tertiary/aromatic N) is 2. The quantitative estimate of drug-likeness (QED) is 0.216. The Kier molecular flexibility index (Phi) is 11.0. The summed E-state index contributed by atoms with van der Waals surface area (Å²) in [6, 6.07) is 17.3. The first-order valence-electron chi connectivity index (χ1n) is 17.8. The summed E-state index contributed by atoms with van der Waals surface area (Å²) in [5.41, 5.74) is 18.6. The van der Waals surface area contributed by atoms with E-state index in [-0.39, 0.29) is 0 Å². The lowest BCUT2D eigenvalue weighted by Gasteiger charge is -2.28. The van der Waals surface area contributed by atoms with Crippen LogP contribution in [0.2, 0.25) is 0 Å². The van der Waals surface area contributed by atoms with Crippen molar-refractivity contribution in [2.24, 2.45) is 0 Å². The van der Waals surface area contributed by atoms with Gasteiger partial charge in [-0.3, -0.25) is 0 Å². The molecule has 3 aromatic rings. The van der Waals surface area contributed by atoms with E-state index < -0.39 is 0 Å². The lowest BCUT2D eigenvalue weighted by molar-refractivity contribution is 0.592. The molecule has 1 radical (unpaired) electrons. The predicted octanol–water partition coefficient (Wildman–Crippen LogP) is 11.3. The van der Waals surface area contributed by atoms with Crippen molar-refractivity contribution < 1.29 is 0 Å². The van der Waals surface area contributed by atoms with Gasteiger partial charge in [-0.2, -0.15) is 0 Å². The molecule has 247 valence electrons. The molecule has 1 aliphatic rings. The second-order valence-corrected chi connectivity index (χ2v) is 16.7. The Morgan fingerprint density at radius 1 is 0.478 bits per heavy atom. The van der Waals surface area contributed by atoms with Gasteiger partial charge in [-0.15, -0.1) is 0 Å². The second kappa shape index (κ2) is 14.1. The molecule has 3 aromatic carbocycles. The van der Waals surface area contributed by atoms with Gasteiger partial charge in [-0.1, -0.05) is 126 Å². The minimum absolute atomic E-state index is 0.421. The average molecular weight is 634 g/mol. The molecule has 4 rings (SSSR count). The van der Waals surface area contributed by atoms with Crippen LogP contribution < -0.4 is 5.19 Å². The van der Waals surface area contributed by atoms with Gasteiger partial charge in [-0.05, 0) is 110 Å². The summed E-state index contributed by atoms with van der Waals surface area (Å²) in [6.07, 6.45) is 0. The summed E-state index contributed by atoms with van der Waals surface area (Å²) >= 11 is 0. The van der Waals surface area contributed by atoms with Gasteiger partial charge in [-0.25, -0.2) is 0 Å². The molecule has 0 atom stereocenters. The molecule has 1 aliphatic heterocycles. The third-order valence-corrected chi connectivity index (χ3v) is 12.0. The average Bonchev–Trinajstić information content (AvgIpc) is 3.17. The Bertz CT molecular complexity index is 1480. The zero-order valence-electron chi connectivity index (χ0n) is 31.9. The first-order valence-corrected chi connectivity index (χ1v) is 18.8. The maximum absolute atomic E-state index is 2.52. The van der Waals surface area contributed by atoms with Crippen LogP contribution in [0.3, 0.4) is 0 Å². The highest BCUT2D eigenvalue weighted by atomic mass is 28.2. The fourth-order valence-corrected chi connectivity index (χ4v) is 8.53. The normalized spacial score (nSPS) is 14.2. The third kappa shape index (κ3) is 6.72. The van der Waals surface area contributed by atoms with Crippen LogP contribution in [0.25, 0.3) is 22.3 Å². The van der Waals surface area contributed by atoms with Crippen LogP contribution in [0, 0.1) is 0 Å². The van der Waals surface area contributed by atoms with E-state index in [2.05, 4.69) is 163 Å². The first-order chi connectivity index (χ1) is 21.5. The van der Waals surface area contributed by atoms with Gasteiger partial charge in [0.2, 0.25) is 0 Å². The Balaban J connectivity index is 2.25. The van der Waals surface area contributed by atoms with Crippen molar-refractivity contribution in [1.82, 2.24) is 9.80 Å². The number of hydrogen-bond acceptors (Lipinski definition) is 2. The van der Waals surface area contributed by atoms with Crippen molar-refractivity contribution in [3.8, 4) is 22.3 Å². The summed E-state index contributed by atoms with van der Waals surface area (Å²) < 4.78 is 0. The van der Waals surface area contributed by atoms with Gasteiger partial charge in [0, 0.05) is 25.5 Å². The summed E-state index contributed by atoms with van der Waals surface area (Å²) in [5, 5.41) is 1.47. The molecular weight excluding hydrogens is 573 g/mol. The summed E-state index contributed by atoms with van der Waals surface area (Å²) in [6.45, 7) is 32.8. The van der Waals surface area contributed by atoms with Crippen molar-refractivity contribution in [2.45, 2.75) is 132 Å². The molecule has 2 nitrogen and oxygen atoms in total. The summed E-state index contributed by atoms with van der Waals surface area (Å²) in [5.74, 6) is 2.67. The standard InChI is InChI=1S/C43H61N2Si/c1-24(2)32-20-36(26(5)6)40(37(21-32)27(7)8)34-18-17-19-35(42(34)46-43-44(15)30(13)31(14)45(43)16)41-38(28(9)10)22-33(25(3)4)23-39(41)29(11)12/h17-29H,1-16H3. The molecule has 0 amide bonds. The van der Waals surface area contributed by atoms with Crippen molar-refractivity contribution in [1.29, 1.82) is 0 Å². The number of rotatable bonds is 9. The molecule has 46 heavy (non-hydrogen) atoms. The first kappa shape index (κ1) is 35.9. The topological polar surface area (TPSA) is 6.48 Å². The van der Waals surface area contributed by atoms with E-state index >= 15 is 0 Å². The molecule has 0 fully saturated rings. The lowest BCUT2D eigenvalue weighted by atomic mass is 9.79. The molecule has 0 saturated heterocycles.